The van der Waals surface area contributed by atoms with Crippen molar-refractivity contribution in [3.63, 3.8) is 0 Å². The maximum atomic E-state index is 11.5. The van der Waals surface area contributed by atoms with Gasteiger partial charge in [0.25, 0.3) is 0 Å². The third-order valence-electron chi connectivity index (χ3n) is 2.97. The SMILES string of the molecule is CCOC(=O)C(N)Cc1ccc(-c2cccc(C)c2)s1. The van der Waals surface area contributed by atoms with Crippen LogP contribution < -0.4 is 5.73 Å². The molecule has 1 aromatic heterocycles. The number of carbonyl (C=O) groups is 1. The van der Waals surface area contributed by atoms with Crippen molar-refractivity contribution < 1.29 is 9.53 Å². The van der Waals surface area contributed by atoms with Crippen LogP contribution >= 0.6 is 11.3 Å². The second-order valence-electron chi connectivity index (χ2n) is 4.70. The van der Waals surface area contributed by atoms with Gasteiger partial charge in [-0.15, -0.1) is 11.3 Å². The first-order valence-electron chi connectivity index (χ1n) is 6.68. The van der Waals surface area contributed by atoms with Gasteiger partial charge in [0.05, 0.1) is 6.61 Å². The summed E-state index contributed by atoms with van der Waals surface area (Å²) in [5.74, 6) is -0.335. The van der Waals surface area contributed by atoms with Gasteiger partial charge in [-0.25, -0.2) is 0 Å². The van der Waals surface area contributed by atoms with E-state index in [1.165, 1.54) is 16.0 Å². The standard InChI is InChI=1S/C16H19NO2S/c1-3-19-16(18)14(17)10-13-7-8-15(20-13)12-6-4-5-11(2)9-12/h4-9,14H,3,10,17H2,1-2H3. The zero-order valence-electron chi connectivity index (χ0n) is 11.8. The number of carbonyl (C=O) groups excluding carboxylic acids is 1. The van der Waals surface area contributed by atoms with Crippen LogP contribution in [0.4, 0.5) is 0 Å². The third-order valence-corrected chi connectivity index (χ3v) is 4.13. The maximum absolute atomic E-state index is 11.5. The first kappa shape index (κ1) is 14.8. The minimum absolute atomic E-state index is 0.335. The molecule has 3 nitrogen and oxygen atoms in total. The molecule has 0 saturated heterocycles. The Morgan fingerprint density at radius 1 is 1.35 bits per heavy atom. The van der Waals surface area contributed by atoms with Crippen LogP contribution in [0.3, 0.4) is 0 Å². The van der Waals surface area contributed by atoms with E-state index in [2.05, 4.69) is 37.3 Å². The molecule has 2 aromatic rings. The Kier molecular flexibility index (Phi) is 4.93. The van der Waals surface area contributed by atoms with Gasteiger partial charge in [0.15, 0.2) is 0 Å². The normalized spacial score (nSPS) is 12.2. The Hall–Kier alpha value is -1.65. The Morgan fingerprint density at radius 2 is 2.15 bits per heavy atom. The summed E-state index contributed by atoms with van der Waals surface area (Å²) < 4.78 is 4.92. The van der Waals surface area contributed by atoms with Crippen LogP contribution in [0.2, 0.25) is 0 Å². The number of nitrogens with two attached hydrogens (primary N) is 1. The molecule has 0 spiro atoms. The van der Waals surface area contributed by atoms with Gasteiger partial charge in [-0.3, -0.25) is 4.79 Å². The number of thiophene rings is 1. The van der Waals surface area contributed by atoms with Gasteiger partial charge in [0, 0.05) is 16.2 Å². The summed E-state index contributed by atoms with van der Waals surface area (Å²) in [5, 5.41) is 0. The number of benzene rings is 1. The van der Waals surface area contributed by atoms with E-state index in [9.17, 15) is 4.79 Å². The minimum Gasteiger partial charge on any atom is -0.465 e. The lowest BCUT2D eigenvalue weighted by Crippen LogP contribution is -2.34. The summed E-state index contributed by atoms with van der Waals surface area (Å²) in [7, 11) is 0. The number of hydrogen-bond acceptors (Lipinski definition) is 4. The van der Waals surface area contributed by atoms with E-state index in [0.29, 0.717) is 13.0 Å². The number of aryl methyl sites for hydroxylation is 1. The third kappa shape index (κ3) is 3.68. The largest absolute Gasteiger partial charge is 0.465 e. The van der Waals surface area contributed by atoms with Crippen LogP contribution in [-0.2, 0) is 16.0 Å². The Balaban J connectivity index is 2.08. The topological polar surface area (TPSA) is 52.3 Å². The predicted molar refractivity (Wildman–Crippen MR) is 82.8 cm³/mol. The molecule has 1 unspecified atom stereocenters. The Bertz CT molecular complexity index is 592. The lowest BCUT2D eigenvalue weighted by atomic mass is 10.1. The van der Waals surface area contributed by atoms with Gasteiger partial charge in [0.1, 0.15) is 6.04 Å². The highest BCUT2D eigenvalue weighted by Crippen LogP contribution is 2.29. The summed E-state index contributed by atoms with van der Waals surface area (Å²) >= 11 is 1.67. The Labute approximate surface area is 123 Å². The van der Waals surface area contributed by atoms with Gasteiger partial charge in [-0.2, -0.15) is 0 Å². The molecule has 4 heteroatoms. The summed E-state index contributed by atoms with van der Waals surface area (Å²) in [4.78, 5) is 13.8. The zero-order valence-corrected chi connectivity index (χ0v) is 12.6. The first-order chi connectivity index (χ1) is 9.60. The highest BCUT2D eigenvalue weighted by Gasteiger charge is 2.16. The van der Waals surface area contributed by atoms with Gasteiger partial charge >= 0.3 is 5.97 Å². The second kappa shape index (κ2) is 6.68. The molecule has 0 amide bonds. The van der Waals surface area contributed by atoms with E-state index >= 15 is 0 Å². The molecular weight excluding hydrogens is 270 g/mol. The van der Waals surface area contributed by atoms with Crippen LogP contribution in [0.5, 0.6) is 0 Å². The van der Waals surface area contributed by atoms with Crippen molar-refractivity contribution in [2.24, 2.45) is 5.73 Å². The maximum Gasteiger partial charge on any atom is 0.323 e. The molecule has 106 valence electrons. The van der Waals surface area contributed by atoms with E-state index < -0.39 is 6.04 Å². The van der Waals surface area contributed by atoms with E-state index in [4.69, 9.17) is 10.5 Å². The highest BCUT2D eigenvalue weighted by atomic mass is 32.1. The second-order valence-corrected chi connectivity index (χ2v) is 5.87. The number of ether oxygens (including phenoxy) is 1. The quantitative estimate of drug-likeness (QED) is 0.860. The molecule has 0 aliphatic rings. The van der Waals surface area contributed by atoms with Gasteiger partial charge in [-0.05, 0) is 31.5 Å². The molecule has 0 aliphatic heterocycles. The fourth-order valence-corrected chi connectivity index (χ4v) is 3.05. The van der Waals surface area contributed by atoms with Crippen molar-refractivity contribution in [3.8, 4) is 10.4 Å². The van der Waals surface area contributed by atoms with Crippen molar-refractivity contribution in [1.82, 2.24) is 0 Å². The van der Waals surface area contributed by atoms with Crippen LogP contribution in [-0.4, -0.2) is 18.6 Å². The summed E-state index contributed by atoms with van der Waals surface area (Å²) in [6, 6.07) is 11.9. The number of rotatable bonds is 5. The van der Waals surface area contributed by atoms with Gasteiger partial charge < -0.3 is 10.5 Å². The summed E-state index contributed by atoms with van der Waals surface area (Å²) in [5.41, 5.74) is 8.28. The van der Waals surface area contributed by atoms with Gasteiger partial charge in [-0.1, -0.05) is 29.8 Å². The van der Waals surface area contributed by atoms with E-state index in [0.717, 1.165) is 4.88 Å². The van der Waals surface area contributed by atoms with E-state index in [-0.39, 0.29) is 5.97 Å². The Morgan fingerprint density at radius 3 is 2.85 bits per heavy atom. The van der Waals surface area contributed by atoms with Crippen molar-refractivity contribution in [1.29, 1.82) is 0 Å². The molecule has 2 N–H and O–H groups in total. The molecule has 0 aliphatic carbocycles. The average Bonchev–Trinajstić information content (AvgIpc) is 2.87. The average molecular weight is 289 g/mol. The fourth-order valence-electron chi connectivity index (χ4n) is 1.99. The minimum atomic E-state index is -0.584. The highest BCUT2D eigenvalue weighted by molar-refractivity contribution is 7.15. The molecule has 1 atom stereocenters. The summed E-state index contributed by atoms with van der Waals surface area (Å²) in [6.45, 7) is 4.23. The molecular formula is C16H19NO2S. The molecule has 1 heterocycles. The summed E-state index contributed by atoms with van der Waals surface area (Å²) in [6.07, 6.45) is 0.523. The lowest BCUT2D eigenvalue weighted by Gasteiger charge is -2.08. The predicted octanol–water partition coefficient (Wildman–Crippen LogP) is 3.16. The molecule has 1 aromatic carbocycles. The molecule has 0 bridgehead atoms. The van der Waals surface area contributed by atoms with Crippen molar-refractivity contribution >= 4 is 17.3 Å². The zero-order chi connectivity index (χ0) is 14.5. The lowest BCUT2D eigenvalue weighted by molar-refractivity contribution is -0.144. The van der Waals surface area contributed by atoms with Crippen molar-refractivity contribution in [2.45, 2.75) is 26.3 Å². The number of hydrogen-bond donors (Lipinski definition) is 1. The van der Waals surface area contributed by atoms with Crippen LogP contribution in [0.15, 0.2) is 36.4 Å². The molecule has 0 saturated carbocycles. The van der Waals surface area contributed by atoms with E-state index in [1.54, 1.807) is 18.3 Å². The first-order valence-corrected chi connectivity index (χ1v) is 7.49. The number of esters is 1. The molecule has 0 fully saturated rings. The molecule has 2 rings (SSSR count). The monoisotopic (exact) mass is 289 g/mol. The molecule has 20 heavy (non-hydrogen) atoms. The van der Waals surface area contributed by atoms with Crippen molar-refractivity contribution in [3.05, 3.63) is 46.8 Å². The van der Waals surface area contributed by atoms with E-state index in [1.807, 2.05) is 6.07 Å². The smallest absolute Gasteiger partial charge is 0.323 e. The van der Waals surface area contributed by atoms with Crippen molar-refractivity contribution in [2.75, 3.05) is 6.61 Å². The van der Waals surface area contributed by atoms with Crippen LogP contribution in [0.1, 0.15) is 17.4 Å². The van der Waals surface area contributed by atoms with Crippen LogP contribution in [0, 0.1) is 6.92 Å². The molecule has 0 radical (unpaired) electrons. The van der Waals surface area contributed by atoms with Crippen LogP contribution in [0.25, 0.3) is 10.4 Å². The fraction of sp³-hybridized carbons (Fsp3) is 0.312. The van der Waals surface area contributed by atoms with Gasteiger partial charge in [0.2, 0.25) is 0 Å².